The van der Waals surface area contributed by atoms with Gasteiger partial charge in [-0.3, -0.25) is 18.6 Å². The molecule has 0 aliphatic heterocycles. The summed E-state index contributed by atoms with van der Waals surface area (Å²) in [6.07, 6.45) is 26.0. The topological polar surface area (TPSA) is 210 Å². The highest BCUT2D eigenvalue weighted by Gasteiger charge is 2.51. The third-order valence-electron chi connectivity index (χ3n) is 11.9. The van der Waals surface area contributed by atoms with Gasteiger partial charge in [-0.15, -0.1) is 0 Å². The number of esters is 2. The standard InChI is InChI=1S/C47H91O13P/c1-3-5-7-9-11-13-15-16-17-18-19-20-21-22-23-24-25-26-28-30-32-34-36-41(49)59-39(37-57-40(48)35-33-31-29-27-14-12-10-8-6-4-2)38-58-61(55,56)60-47-45(53)43(51)42(50)44(52)46(47)54/h39,42-47,50-54H,3-38H2,1-2H3,(H,55,56). The van der Waals surface area contributed by atoms with Crippen molar-refractivity contribution < 1.29 is 63.1 Å². The van der Waals surface area contributed by atoms with E-state index in [4.69, 9.17) is 18.5 Å². The van der Waals surface area contributed by atoms with E-state index in [1.807, 2.05) is 0 Å². The number of hydrogen-bond donors (Lipinski definition) is 6. The summed E-state index contributed by atoms with van der Waals surface area (Å²) in [5.41, 5.74) is 0. The third-order valence-corrected chi connectivity index (χ3v) is 12.9. The van der Waals surface area contributed by atoms with E-state index in [1.54, 1.807) is 0 Å². The molecular weight excluding hydrogens is 803 g/mol. The number of hydrogen-bond acceptors (Lipinski definition) is 12. The van der Waals surface area contributed by atoms with Gasteiger partial charge >= 0.3 is 19.8 Å². The van der Waals surface area contributed by atoms with E-state index < -0.39 is 75.7 Å². The van der Waals surface area contributed by atoms with Crippen molar-refractivity contribution in [2.24, 2.45) is 0 Å². The van der Waals surface area contributed by atoms with Crippen LogP contribution in [-0.2, 0) is 32.7 Å². The molecule has 1 fully saturated rings. The van der Waals surface area contributed by atoms with Crippen LogP contribution in [0, 0.1) is 0 Å². The number of rotatable bonds is 42. The first-order valence-corrected chi connectivity index (χ1v) is 26.3. The van der Waals surface area contributed by atoms with Crippen LogP contribution in [0.3, 0.4) is 0 Å². The Morgan fingerprint density at radius 1 is 0.443 bits per heavy atom. The number of ether oxygens (including phenoxy) is 2. The Balaban J connectivity index is 2.34. The van der Waals surface area contributed by atoms with Gasteiger partial charge in [-0.25, -0.2) is 4.57 Å². The first-order valence-electron chi connectivity index (χ1n) is 24.8. The van der Waals surface area contributed by atoms with Crippen molar-refractivity contribution in [2.45, 2.75) is 275 Å². The van der Waals surface area contributed by atoms with Crippen LogP contribution in [0.25, 0.3) is 0 Å². The fraction of sp³-hybridized carbons (Fsp3) is 0.957. The van der Waals surface area contributed by atoms with E-state index in [2.05, 4.69) is 13.8 Å². The second-order valence-corrected chi connectivity index (χ2v) is 19.1. The molecule has 1 rings (SSSR count). The SMILES string of the molecule is CCCCCCCCCCCCCCCCCCCCCCCCC(=O)OC(COC(=O)CCCCCCCCCCCC)COP(=O)(O)OC1C(O)C(O)C(O)C(O)C1O. The average Bonchev–Trinajstić information content (AvgIpc) is 3.24. The van der Waals surface area contributed by atoms with Crippen LogP contribution in [-0.4, -0.2) is 98.3 Å². The molecule has 1 saturated carbocycles. The molecule has 0 amide bonds. The summed E-state index contributed by atoms with van der Waals surface area (Å²) < 4.78 is 33.5. The van der Waals surface area contributed by atoms with Gasteiger partial charge < -0.3 is 39.9 Å². The number of carbonyl (C=O) groups is 2. The molecule has 0 saturated heterocycles. The van der Waals surface area contributed by atoms with Crippen LogP contribution < -0.4 is 0 Å². The summed E-state index contributed by atoms with van der Waals surface area (Å²) in [6.45, 7) is 3.31. The Bertz CT molecular complexity index is 1080. The van der Waals surface area contributed by atoms with Crippen molar-refractivity contribution in [3.05, 3.63) is 0 Å². The highest BCUT2D eigenvalue weighted by atomic mass is 31.2. The molecule has 1 aliphatic carbocycles. The molecule has 0 radical (unpaired) electrons. The van der Waals surface area contributed by atoms with E-state index in [0.29, 0.717) is 12.8 Å². The number of aliphatic hydroxyl groups excluding tert-OH is 5. The number of phosphoric ester groups is 1. The normalized spacial score (nSPS) is 21.9. The second kappa shape index (κ2) is 38.2. The zero-order chi connectivity index (χ0) is 45.0. The van der Waals surface area contributed by atoms with Crippen LogP contribution in [0.15, 0.2) is 0 Å². The minimum atomic E-state index is -5.11. The minimum Gasteiger partial charge on any atom is -0.462 e. The van der Waals surface area contributed by atoms with Crippen molar-refractivity contribution >= 4 is 19.8 Å². The second-order valence-electron chi connectivity index (χ2n) is 17.7. The molecule has 0 spiro atoms. The molecule has 61 heavy (non-hydrogen) atoms. The molecule has 0 aromatic rings. The van der Waals surface area contributed by atoms with Crippen molar-refractivity contribution in [3.8, 4) is 0 Å². The van der Waals surface area contributed by atoms with E-state index in [9.17, 15) is 44.6 Å². The maximum atomic E-state index is 12.8. The minimum absolute atomic E-state index is 0.105. The molecular formula is C47H91O13P. The summed E-state index contributed by atoms with van der Waals surface area (Å²) in [4.78, 5) is 35.7. The molecule has 0 heterocycles. The zero-order valence-electron chi connectivity index (χ0n) is 38.5. The first-order chi connectivity index (χ1) is 29.4. The van der Waals surface area contributed by atoms with Crippen LogP contribution >= 0.6 is 7.82 Å². The van der Waals surface area contributed by atoms with Gasteiger partial charge in [0.05, 0.1) is 6.61 Å². The maximum absolute atomic E-state index is 12.8. The molecule has 6 unspecified atom stereocenters. The number of carbonyl (C=O) groups excluding carboxylic acids is 2. The zero-order valence-corrected chi connectivity index (χ0v) is 39.4. The summed E-state index contributed by atoms with van der Waals surface area (Å²) >= 11 is 0. The van der Waals surface area contributed by atoms with E-state index in [-0.39, 0.29) is 12.8 Å². The Morgan fingerprint density at radius 2 is 0.738 bits per heavy atom. The highest BCUT2D eigenvalue weighted by Crippen LogP contribution is 2.47. The molecule has 362 valence electrons. The lowest BCUT2D eigenvalue weighted by Gasteiger charge is -2.41. The van der Waals surface area contributed by atoms with Gasteiger partial charge in [-0.2, -0.15) is 0 Å². The summed E-state index contributed by atoms with van der Waals surface area (Å²) in [5.74, 6) is -1.09. The Kier molecular flexibility index (Phi) is 36.2. The largest absolute Gasteiger partial charge is 0.472 e. The van der Waals surface area contributed by atoms with Crippen LogP contribution in [0.5, 0.6) is 0 Å². The number of unbranched alkanes of at least 4 members (excludes halogenated alkanes) is 30. The Labute approximate surface area is 370 Å². The third kappa shape index (κ3) is 30.6. The molecule has 6 N–H and O–H groups in total. The van der Waals surface area contributed by atoms with Crippen LogP contribution in [0.2, 0.25) is 0 Å². The predicted octanol–water partition coefficient (Wildman–Crippen LogP) is 10.1. The maximum Gasteiger partial charge on any atom is 0.472 e. The first kappa shape index (κ1) is 57.9. The molecule has 1 aliphatic rings. The number of phosphoric acid groups is 1. The molecule has 0 bridgehead atoms. The Hall–Kier alpha value is -1.15. The van der Waals surface area contributed by atoms with Gasteiger partial charge in [0.2, 0.25) is 0 Å². The van der Waals surface area contributed by atoms with Crippen molar-refractivity contribution in [3.63, 3.8) is 0 Å². The summed E-state index contributed by atoms with van der Waals surface area (Å²) in [7, 11) is -5.11. The van der Waals surface area contributed by atoms with Gasteiger partial charge in [0.1, 0.15) is 43.2 Å². The fourth-order valence-electron chi connectivity index (χ4n) is 7.94. The summed E-state index contributed by atoms with van der Waals surface area (Å²) in [5, 5.41) is 50.1. The molecule has 0 aromatic heterocycles. The lowest BCUT2D eigenvalue weighted by Crippen LogP contribution is -2.64. The van der Waals surface area contributed by atoms with Crippen LogP contribution in [0.4, 0.5) is 0 Å². The van der Waals surface area contributed by atoms with Gasteiger partial charge in [0, 0.05) is 12.8 Å². The molecule has 14 heteroatoms. The molecule has 0 aromatic carbocycles. The average molecular weight is 895 g/mol. The lowest BCUT2D eigenvalue weighted by molar-refractivity contribution is -0.220. The quantitative estimate of drug-likeness (QED) is 0.0192. The summed E-state index contributed by atoms with van der Waals surface area (Å²) in [6, 6.07) is 0. The molecule has 13 nitrogen and oxygen atoms in total. The fourth-order valence-corrected chi connectivity index (χ4v) is 8.91. The van der Waals surface area contributed by atoms with Gasteiger partial charge in [0.25, 0.3) is 0 Å². The van der Waals surface area contributed by atoms with E-state index >= 15 is 0 Å². The van der Waals surface area contributed by atoms with Gasteiger partial charge in [0.15, 0.2) is 6.10 Å². The van der Waals surface area contributed by atoms with Crippen molar-refractivity contribution in [1.29, 1.82) is 0 Å². The predicted molar refractivity (Wildman–Crippen MR) is 240 cm³/mol. The smallest absolute Gasteiger partial charge is 0.462 e. The molecule has 6 atom stereocenters. The van der Waals surface area contributed by atoms with E-state index in [1.165, 1.54) is 154 Å². The highest BCUT2D eigenvalue weighted by molar-refractivity contribution is 7.47. The number of aliphatic hydroxyl groups is 5. The van der Waals surface area contributed by atoms with Gasteiger partial charge in [-0.1, -0.05) is 206 Å². The van der Waals surface area contributed by atoms with Crippen molar-refractivity contribution in [2.75, 3.05) is 13.2 Å². The Morgan fingerprint density at radius 3 is 1.08 bits per heavy atom. The van der Waals surface area contributed by atoms with Crippen LogP contribution in [0.1, 0.15) is 232 Å². The monoisotopic (exact) mass is 895 g/mol. The van der Waals surface area contributed by atoms with Crippen molar-refractivity contribution in [1.82, 2.24) is 0 Å². The lowest BCUT2D eigenvalue weighted by atomic mass is 9.85. The van der Waals surface area contributed by atoms with E-state index in [0.717, 1.165) is 38.5 Å². The van der Waals surface area contributed by atoms with Gasteiger partial charge in [-0.05, 0) is 12.8 Å².